The standard InChI is InChI=1S/2C58H34N6O/c59-35-41-34-40(58-61-56(37-17-6-2-7-18-37)60-57(62-58)39-20-14-19-38(33-39)36-15-4-1-5-16-36)27-32-49(41)64-51-26-13-11-24-44(51)46-29-31-48-47-30-28-45-43-23-10-12-25-50(43)63(42-21-8-3-9-22-42)52(45)54(47)65-55(48)53(46)64;59-35-41-34-40(58-61-56(37-17-6-2-7-18-37)60-57(62-58)39-20-14-19-38(33-39)36-15-4-1-5-16-36)27-31-48(41)64-49-25-12-10-23-43(49)44-28-29-46-45-30-32-51-52(54(45)65-55(46)53(44)64)47-24-11-13-26-50(47)63(51)42-21-8-3-9-22-42/h2*1-34H. The van der Waals surface area contributed by atoms with E-state index < -0.39 is 0 Å². The summed E-state index contributed by atoms with van der Waals surface area (Å²) in [5.74, 6) is 3.14. The molecular formula is C116H68N12O2. The lowest BCUT2D eigenvalue weighted by Crippen LogP contribution is -2.02. The van der Waals surface area contributed by atoms with Crippen molar-refractivity contribution < 1.29 is 8.83 Å². The molecule has 0 spiro atoms. The molecule has 14 heteroatoms. The van der Waals surface area contributed by atoms with E-state index in [1.165, 1.54) is 0 Å². The predicted octanol–water partition coefficient (Wildman–Crippen LogP) is 29.0. The van der Waals surface area contributed by atoms with Crippen molar-refractivity contribution in [3.63, 3.8) is 0 Å². The zero-order chi connectivity index (χ0) is 86.0. The first kappa shape index (κ1) is 74.4. The molecule has 14 nitrogen and oxygen atoms in total. The molecule has 0 N–H and O–H groups in total. The fourth-order valence-electron chi connectivity index (χ4n) is 19.3. The average Bonchev–Trinajstić information content (AvgIpc) is 1.54. The van der Waals surface area contributed by atoms with Crippen molar-refractivity contribution in [2.24, 2.45) is 0 Å². The molecule has 0 aliphatic rings. The highest BCUT2D eigenvalue weighted by Crippen LogP contribution is 2.49. The minimum atomic E-state index is 0.471. The van der Waals surface area contributed by atoms with E-state index in [1.54, 1.807) is 0 Å². The molecule has 26 aromatic rings. The Kier molecular flexibility index (Phi) is 17.4. The first-order chi connectivity index (χ1) is 64.4. The van der Waals surface area contributed by atoms with Crippen molar-refractivity contribution in [2.45, 2.75) is 0 Å². The molecule has 18 aromatic carbocycles. The molecule has 0 fully saturated rings. The summed E-state index contributed by atoms with van der Waals surface area (Å²) < 4.78 is 23.4. The van der Waals surface area contributed by atoms with E-state index in [9.17, 15) is 10.5 Å². The largest absolute Gasteiger partial charge is 0.453 e. The SMILES string of the molecule is N#Cc1cc(-c2nc(-c3ccccc3)nc(-c3cccc(-c4ccccc4)c3)n2)ccc1-n1c2ccccc2c2ccc3c4ccc5c(c6ccccc6n5-c5ccccc5)c4oc3c21.N#Cc1cc(-c2nc(-c3ccccc3)nc(-c3cccc(-c4ccccc4)c3)n2)ccc1-n1c2ccccc2c2ccc3c4ccc5c6ccccc6n(-c6ccccc6)c5c4oc3c21. The van der Waals surface area contributed by atoms with Gasteiger partial charge >= 0.3 is 0 Å². The van der Waals surface area contributed by atoms with Crippen LogP contribution >= 0.6 is 0 Å². The number of benzene rings is 18. The van der Waals surface area contributed by atoms with E-state index in [-0.39, 0.29) is 0 Å². The summed E-state index contributed by atoms with van der Waals surface area (Å²) in [7, 11) is 0. The molecule has 0 atom stereocenters. The Bertz CT molecular complexity index is 9190. The molecule has 604 valence electrons. The summed E-state index contributed by atoms with van der Waals surface area (Å²) in [6, 6.07) is 146. The van der Waals surface area contributed by atoms with E-state index in [4.69, 9.17) is 38.7 Å². The van der Waals surface area contributed by atoms with Gasteiger partial charge in [-0.15, -0.1) is 0 Å². The summed E-state index contributed by atoms with van der Waals surface area (Å²) in [4.78, 5) is 30.2. The Morgan fingerprint density at radius 1 is 0.192 bits per heavy atom. The van der Waals surface area contributed by atoms with Crippen molar-refractivity contribution in [3.05, 3.63) is 424 Å². The number of nitrogens with zero attached hydrogens (tertiary/aromatic N) is 12. The van der Waals surface area contributed by atoms with Crippen LogP contribution in [0.3, 0.4) is 0 Å². The zero-order valence-electron chi connectivity index (χ0n) is 69.4. The van der Waals surface area contributed by atoms with E-state index in [1.807, 2.05) is 182 Å². The van der Waals surface area contributed by atoms with Gasteiger partial charge < -0.3 is 27.1 Å². The van der Waals surface area contributed by atoms with E-state index in [0.29, 0.717) is 57.2 Å². The molecule has 0 amide bonds. The molecular weight excluding hydrogens is 1590 g/mol. The van der Waals surface area contributed by atoms with Crippen molar-refractivity contribution in [3.8, 4) is 125 Å². The van der Waals surface area contributed by atoms with Crippen LogP contribution in [0.15, 0.2) is 421 Å². The van der Waals surface area contributed by atoms with Crippen LogP contribution in [0.5, 0.6) is 0 Å². The second-order valence-electron chi connectivity index (χ2n) is 32.6. The predicted molar refractivity (Wildman–Crippen MR) is 524 cm³/mol. The topological polar surface area (TPSA) is 171 Å². The van der Waals surface area contributed by atoms with Gasteiger partial charge in [0.05, 0.1) is 72.0 Å². The van der Waals surface area contributed by atoms with Crippen LogP contribution in [0.25, 0.3) is 244 Å². The van der Waals surface area contributed by atoms with Crippen LogP contribution < -0.4 is 0 Å². The van der Waals surface area contributed by atoms with Crippen LogP contribution in [0.1, 0.15) is 11.1 Å². The number of hydrogen-bond acceptors (Lipinski definition) is 10. The van der Waals surface area contributed by atoms with Crippen LogP contribution in [0.4, 0.5) is 0 Å². The third-order valence-corrected chi connectivity index (χ3v) is 25.2. The first-order valence-electron chi connectivity index (χ1n) is 43.2. The summed E-state index contributed by atoms with van der Waals surface area (Å²) in [5.41, 5.74) is 25.0. The van der Waals surface area contributed by atoms with Gasteiger partial charge in [0.2, 0.25) is 0 Å². The summed E-state index contributed by atoms with van der Waals surface area (Å²) in [6.07, 6.45) is 0. The third-order valence-electron chi connectivity index (χ3n) is 25.2. The van der Waals surface area contributed by atoms with Gasteiger partial charge in [0.1, 0.15) is 17.7 Å². The Morgan fingerprint density at radius 3 is 0.885 bits per heavy atom. The highest BCUT2D eigenvalue weighted by Gasteiger charge is 2.29. The van der Waals surface area contributed by atoms with Crippen molar-refractivity contribution in [2.75, 3.05) is 0 Å². The Labute approximate surface area is 742 Å². The normalized spacial score (nSPS) is 11.7. The fourth-order valence-corrected chi connectivity index (χ4v) is 19.3. The quantitative estimate of drug-likeness (QED) is 0.115. The Morgan fingerprint density at radius 2 is 0.477 bits per heavy atom. The van der Waals surface area contributed by atoms with Gasteiger partial charge in [-0.25, -0.2) is 29.9 Å². The molecule has 8 aromatic heterocycles. The van der Waals surface area contributed by atoms with Gasteiger partial charge in [0, 0.05) is 104 Å². The zero-order valence-corrected chi connectivity index (χ0v) is 69.4. The van der Waals surface area contributed by atoms with Gasteiger partial charge in [0.15, 0.2) is 51.7 Å². The number of furan rings is 2. The smallest absolute Gasteiger partial charge is 0.164 e. The molecule has 0 unspecified atom stereocenters. The first-order valence-corrected chi connectivity index (χ1v) is 43.2. The molecule has 0 saturated carbocycles. The second kappa shape index (κ2) is 30.3. The van der Waals surface area contributed by atoms with Crippen LogP contribution in [0.2, 0.25) is 0 Å². The molecule has 0 bridgehead atoms. The van der Waals surface area contributed by atoms with E-state index in [0.717, 1.165) is 198 Å². The number of fused-ring (bicyclic) bond motifs is 22. The van der Waals surface area contributed by atoms with Gasteiger partial charge in [-0.05, 0) is 150 Å². The monoisotopic (exact) mass is 1660 g/mol. The maximum absolute atomic E-state index is 11.0. The molecule has 0 aliphatic heterocycles. The van der Waals surface area contributed by atoms with Crippen LogP contribution in [-0.4, -0.2) is 48.2 Å². The second-order valence-corrected chi connectivity index (χ2v) is 32.6. The number of rotatable bonds is 12. The molecule has 130 heavy (non-hydrogen) atoms. The third kappa shape index (κ3) is 12.1. The maximum atomic E-state index is 11.0. The lowest BCUT2D eigenvalue weighted by Gasteiger charge is -2.13. The Hall–Kier alpha value is -18.2. The summed E-state index contributed by atoms with van der Waals surface area (Å²) >= 11 is 0. The lowest BCUT2D eigenvalue weighted by molar-refractivity contribution is 0.673. The van der Waals surface area contributed by atoms with Gasteiger partial charge in [-0.2, -0.15) is 10.5 Å². The molecule has 26 rings (SSSR count). The van der Waals surface area contributed by atoms with E-state index >= 15 is 0 Å². The minimum Gasteiger partial charge on any atom is -0.453 e. The average molecular weight is 1660 g/mol. The van der Waals surface area contributed by atoms with Gasteiger partial charge in [-0.3, -0.25) is 0 Å². The number of aromatic nitrogens is 10. The highest BCUT2D eigenvalue weighted by molar-refractivity contribution is 6.29. The lowest BCUT2D eigenvalue weighted by atomic mass is 10.0. The number of para-hydroxylation sites is 6. The summed E-state index contributed by atoms with van der Waals surface area (Å²) in [6.45, 7) is 0. The molecule has 0 saturated heterocycles. The van der Waals surface area contributed by atoms with Crippen molar-refractivity contribution in [1.29, 1.82) is 10.5 Å². The summed E-state index contributed by atoms with van der Waals surface area (Å²) in [5, 5.41) is 34.8. The maximum Gasteiger partial charge on any atom is 0.164 e. The van der Waals surface area contributed by atoms with Gasteiger partial charge in [-0.1, -0.05) is 285 Å². The highest BCUT2D eigenvalue weighted by atomic mass is 16.3. The molecule has 0 radical (unpaired) electrons. The fraction of sp³-hybridized carbons (Fsp3) is 0. The number of nitriles is 2. The van der Waals surface area contributed by atoms with Crippen molar-refractivity contribution in [1.82, 2.24) is 48.2 Å². The molecule has 0 aliphatic carbocycles. The minimum absolute atomic E-state index is 0.471. The molecule has 8 heterocycles. The van der Waals surface area contributed by atoms with Crippen LogP contribution in [0, 0.1) is 22.7 Å². The van der Waals surface area contributed by atoms with Gasteiger partial charge in [0.25, 0.3) is 0 Å². The Balaban J connectivity index is 0.000000140. The van der Waals surface area contributed by atoms with Crippen LogP contribution in [-0.2, 0) is 0 Å². The number of hydrogen-bond donors (Lipinski definition) is 0. The van der Waals surface area contributed by atoms with E-state index in [2.05, 4.69) is 261 Å². The van der Waals surface area contributed by atoms with Crippen molar-refractivity contribution >= 4 is 131 Å².